The molecule has 0 aliphatic rings. The number of thiophene rings is 1. The first-order chi connectivity index (χ1) is 11.7. The summed E-state index contributed by atoms with van der Waals surface area (Å²) >= 11 is 1.31. The number of nitrogens with two attached hydrogens (primary N) is 1. The highest BCUT2D eigenvalue weighted by Crippen LogP contribution is 2.32. The van der Waals surface area contributed by atoms with Crippen LogP contribution in [0.2, 0.25) is 0 Å². The Morgan fingerprint density at radius 3 is 2.56 bits per heavy atom. The summed E-state index contributed by atoms with van der Waals surface area (Å²) < 4.78 is 57.9. The average molecular weight is 368 g/mol. The van der Waals surface area contributed by atoms with E-state index in [0.717, 1.165) is 22.2 Å². The fraction of sp³-hybridized carbons (Fsp3) is 0.118. The molecule has 0 aliphatic heterocycles. The van der Waals surface area contributed by atoms with Gasteiger partial charge in [-0.25, -0.2) is 4.39 Å². The fourth-order valence-corrected chi connectivity index (χ4v) is 3.25. The lowest BCUT2D eigenvalue weighted by atomic mass is 10.1. The van der Waals surface area contributed by atoms with Gasteiger partial charge < -0.3 is 10.5 Å². The van der Waals surface area contributed by atoms with Crippen LogP contribution in [-0.2, 0) is 12.8 Å². The van der Waals surface area contributed by atoms with Gasteiger partial charge >= 0.3 is 6.18 Å². The van der Waals surface area contributed by atoms with Crippen LogP contribution < -0.4 is 10.5 Å². The van der Waals surface area contributed by atoms with Crippen LogP contribution in [0.15, 0.2) is 42.5 Å². The third-order valence-electron chi connectivity index (χ3n) is 3.45. The molecule has 3 aromatic rings. The molecule has 3 N–H and O–H groups in total. The van der Waals surface area contributed by atoms with Crippen LogP contribution in [0.1, 0.15) is 16.0 Å². The molecule has 2 aromatic carbocycles. The summed E-state index contributed by atoms with van der Waals surface area (Å²) in [6.45, 7) is -0.197. The molecule has 0 amide bonds. The summed E-state index contributed by atoms with van der Waals surface area (Å²) in [5.74, 6) is -0.571. The van der Waals surface area contributed by atoms with E-state index in [1.807, 2.05) is 0 Å². The number of nitrogen functional groups attached to an aromatic ring is 1. The molecule has 25 heavy (non-hydrogen) atoms. The molecule has 0 saturated carbocycles. The Labute approximate surface area is 144 Å². The highest BCUT2D eigenvalue weighted by Gasteiger charge is 2.31. The number of amidine groups is 1. The Hall–Kier alpha value is -2.61. The van der Waals surface area contributed by atoms with Crippen molar-refractivity contribution in [2.24, 2.45) is 5.73 Å². The summed E-state index contributed by atoms with van der Waals surface area (Å²) in [6.07, 6.45) is -4.62. The Morgan fingerprint density at radius 1 is 1.12 bits per heavy atom. The molecule has 0 spiro atoms. The number of hydrogen-bond acceptors (Lipinski definition) is 3. The Balaban J connectivity index is 1.80. The standard InChI is InChI=1S/C17H12F4N2OS/c18-12-4-9(3-11(6-12)17(19,20)21)8-24-13-2-1-10-5-15(16(22)23)25-14(10)7-13/h1-7H,8H2,(H3,22,23). The number of hydrogen-bond donors (Lipinski definition) is 2. The lowest BCUT2D eigenvalue weighted by molar-refractivity contribution is -0.137. The number of ether oxygens (including phenoxy) is 1. The number of fused-ring (bicyclic) bond motifs is 1. The van der Waals surface area contributed by atoms with Crippen molar-refractivity contribution in [1.29, 1.82) is 5.41 Å². The average Bonchev–Trinajstić information content (AvgIpc) is 2.95. The maximum absolute atomic E-state index is 13.4. The Morgan fingerprint density at radius 2 is 1.88 bits per heavy atom. The normalized spacial score (nSPS) is 11.7. The molecule has 1 heterocycles. The molecule has 3 rings (SSSR count). The maximum atomic E-state index is 13.4. The van der Waals surface area contributed by atoms with E-state index >= 15 is 0 Å². The van der Waals surface area contributed by atoms with Crippen LogP contribution in [0.25, 0.3) is 10.1 Å². The van der Waals surface area contributed by atoms with Gasteiger partial charge in [0.2, 0.25) is 0 Å². The summed E-state index contributed by atoms with van der Waals surface area (Å²) in [7, 11) is 0. The lowest BCUT2D eigenvalue weighted by Gasteiger charge is -2.10. The molecule has 130 valence electrons. The van der Waals surface area contributed by atoms with E-state index in [9.17, 15) is 17.6 Å². The smallest absolute Gasteiger partial charge is 0.416 e. The van der Waals surface area contributed by atoms with E-state index in [-0.39, 0.29) is 18.0 Å². The van der Waals surface area contributed by atoms with E-state index in [4.69, 9.17) is 15.9 Å². The molecule has 0 saturated heterocycles. The Bertz CT molecular complexity index is 949. The van der Waals surface area contributed by atoms with Crippen LogP contribution in [0.3, 0.4) is 0 Å². The molecule has 0 bridgehead atoms. The van der Waals surface area contributed by atoms with Gasteiger partial charge in [-0.05, 0) is 53.4 Å². The monoisotopic (exact) mass is 368 g/mol. The first kappa shape index (κ1) is 17.2. The summed E-state index contributed by atoms with van der Waals surface area (Å²) in [6, 6.07) is 9.21. The van der Waals surface area contributed by atoms with Crippen molar-refractivity contribution in [3.63, 3.8) is 0 Å². The van der Waals surface area contributed by atoms with E-state index < -0.39 is 17.6 Å². The molecule has 3 nitrogen and oxygen atoms in total. The number of halogens is 4. The third kappa shape index (κ3) is 3.90. The van der Waals surface area contributed by atoms with Crippen LogP contribution in [0, 0.1) is 11.2 Å². The minimum Gasteiger partial charge on any atom is -0.489 e. The molecule has 1 aromatic heterocycles. The molecule has 0 radical (unpaired) electrons. The highest BCUT2D eigenvalue weighted by molar-refractivity contribution is 7.20. The van der Waals surface area contributed by atoms with Crippen LogP contribution >= 0.6 is 11.3 Å². The van der Waals surface area contributed by atoms with Gasteiger partial charge in [-0.2, -0.15) is 13.2 Å². The van der Waals surface area contributed by atoms with Crippen molar-refractivity contribution in [3.8, 4) is 5.75 Å². The largest absolute Gasteiger partial charge is 0.489 e. The quantitative estimate of drug-likeness (QED) is 0.390. The highest BCUT2D eigenvalue weighted by atomic mass is 32.1. The van der Waals surface area contributed by atoms with Crippen LogP contribution in [-0.4, -0.2) is 5.84 Å². The van der Waals surface area contributed by atoms with Crippen molar-refractivity contribution in [2.75, 3.05) is 0 Å². The summed E-state index contributed by atoms with van der Waals surface area (Å²) in [5, 5.41) is 8.32. The van der Waals surface area contributed by atoms with Gasteiger partial charge in [0, 0.05) is 4.70 Å². The van der Waals surface area contributed by atoms with Gasteiger partial charge in [-0.15, -0.1) is 11.3 Å². The third-order valence-corrected chi connectivity index (χ3v) is 4.58. The second-order valence-electron chi connectivity index (χ2n) is 5.36. The van der Waals surface area contributed by atoms with Crippen molar-refractivity contribution in [2.45, 2.75) is 12.8 Å². The van der Waals surface area contributed by atoms with E-state index in [0.29, 0.717) is 16.7 Å². The van der Waals surface area contributed by atoms with Gasteiger partial charge in [0.05, 0.1) is 10.4 Å². The summed E-state index contributed by atoms with van der Waals surface area (Å²) in [4.78, 5) is 0.618. The zero-order valence-corrected chi connectivity index (χ0v) is 13.5. The second kappa shape index (κ2) is 6.36. The number of rotatable bonds is 4. The van der Waals surface area contributed by atoms with Gasteiger partial charge in [-0.1, -0.05) is 0 Å². The number of nitrogens with one attached hydrogen (secondary N) is 1. The van der Waals surface area contributed by atoms with Crippen molar-refractivity contribution in [3.05, 3.63) is 64.3 Å². The zero-order chi connectivity index (χ0) is 18.2. The molecule has 0 atom stereocenters. The van der Waals surface area contributed by atoms with E-state index in [1.54, 1.807) is 24.3 Å². The minimum atomic E-state index is -4.62. The minimum absolute atomic E-state index is 0.0388. The zero-order valence-electron chi connectivity index (χ0n) is 12.7. The van der Waals surface area contributed by atoms with Gasteiger partial charge in [0.25, 0.3) is 0 Å². The molecule has 0 aliphatic carbocycles. The predicted molar refractivity (Wildman–Crippen MR) is 88.6 cm³/mol. The second-order valence-corrected chi connectivity index (χ2v) is 6.44. The first-order valence-electron chi connectivity index (χ1n) is 7.10. The molecular weight excluding hydrogens is 356 g/mol. The summed E-state index contributed by atoms with van der Waals surface area (Å²) in [5.41, 5.74) is 4.48. The molecule has 0 unspecified atom stereocenters. The van der Waals surface area contributed by atoms with Gasteiger partial charge in [-0.3, -0.25) is 5.41 Å². The molecule has 8 heteroatoms. The number of alkyl halides is 3. The van der Waals surface area contributed by atoms with Gasteiger partial charge in [0.1, 0.15) is 24.0 Å². The number of benzene rings is 2. The SMILES string of the molecule is N=C(N)c1cc2ccc(OCc3cc(F)cc(C(F)(F)F)c3)cc2s1. The first-order valence-corrected chi connectivity index (χ1v) is 7.91. The van der Waals surface area contributed by atoms with Crippen molar-refractivity contribution < 1.29 is 22.3 Å². The fourth-order valence-electron chi connectivity index (χ4n) is 2.30. The van der Waals surface area contributed by atoms with Crippen molar-refractivity contribution in [1.82, 2.24) is 0 Å². The van der Waals surface area contributed by atoms with E-state index in [2.05, 4.69) is 0 Å². The van der Waals surface area contributed by atoms with Crippen LogP contribution in [0.4, 0.5) is 17.6 Å². The predicted octanol–water partition coefficient (Wildman–Crippen LogP) is 4.92. The maximum Gasteiger partial charge on any atom is 0.416 e. The lowest BCUT2D eigenvalue weighted by Crippen LogP contribution is -2.08. The topological polar surface area (TPSA) is 59.1 Å². The molecular formula is C17H12F4N2OS. The van der Waals surface area contributed by atoms with Gasteiger partial charge in [0.15, 0.2) is 0 Å². The van der Waals surface area contributed by atoms with Crippen LogP contribution in [0.5, 0.6) is 5.75 Å². The molecule has 0 fully saturated rings. The van der Waals surface area contributed by atoms with E-state index in [1.165, 1.54) is 11.3 Å². The Kier molecular flexibility index (Phi) is 4.38. The van der Waals surface area contributed by atoms with Crippen molar-refractivity contribution >= 4 is 27.3 Å².